The average Bonchev–Trinajstić information content (AvgIpc) is 1.64. The molecule has 1 fully saturated rings. The van der Waals surface area contributed by atoms with E-state index in [1.165, 1.54) is 0 Å². The van der Waals surface area contributed by atoms with E-state index in [4.69, 9.17) is 0 Å². The SMILES string of the molecule is CC1(NC=O)CSC1. The van der Waals surface area contributed by atoms with Crippen LogP contribution in [0, 0.1) is 0 Å². The van der Waals surface area contributed by atoms with Crippen molar-refractivity contribution in [2.75, 3.05) is 11.5 Å². The molecule has 1 saturated heterocycles. The van der Waals surface area contributed by atoms with E-state index in [0.29, 0.717) is 0 Å². The topological polar surface area (TPSA) is 29.1 Å². The number of carbonyl (C=O) groups excluding carboxylic acids is 1. The molecule has 0 aromatic rings. The zero-order chi connectivity index (χ0) is 6.04. The van der Waals surface area contributed by atoms with Gasteiger partial charge in [-0.2, -0.15) is 11.8 Å². The van der Waals surface area contributed by atoms with Crippen molar-refractivity contribution in [2.24, 2.45) is 0 Å². The van der Waals surface area contributed by atoms with E-state index in [1.807, 2.05) is 11.8 Å². The number of nitrogens with one attached hydrogen (secondary N) is 1. The van der Waals surface area contributed by atoms with Crippen molar-refractivity contribution in [3.05, 3.63) is 0 Å². The van der Waals surface area contributed by atoms with E-state index < -0.39 is 0 Å². The van der Waals surface area contributed by atoms with Gasteiger partial charge in [0, 0.05) is 11.5 Å². The Kier molecular flexibility index (Phi) is 1.47. The number of rotatable bonds is 2. The van der Waals surface area contributed by atoms with Crippen molar-refractivity contribution < 1.29 is 4.79 Å². The monoisotopic (exact) mass is 131 g/mol. The molecular weight excluding hydrogens is 122 g/mol. The zero-order valence-electron chi connectivity index (χ0n) is 4.81. The summed E-state index contributed by atoms with van der Waals surface area (Å²) in [7, 11) is 0. The zero-order valence-corrected chi connectivity index (χ0v) is 5.62. The fourth-order valence-corrected chi connectivity index (χ4v) is 1.62. The molecule has 1 amide bonds. The molecule has 46 valence electrons. The van der Waals surface area contributed by atoms with Crippen LogP contribution in [0.15, 0.2) is 0 Å². The second kappa shape index (κ2) is 1.97. The minimum atomic E-state index is 0.117. The largest absolute Gasteiger partial charge is 0.352 e. The van der Waals surface area contributed by atoms with Crippen LogP contribution in [0.25, 0.3) is 0 Å². The van der Waals surface area contributed by atoms with E-state index in [-0.39, 0.29) is 5.54 Å². The highest BCUT2D eigenvalue weighted by atomic mass is 32.2. The summed E-state index contributed by atoms with van der Waals surface area (Å²) < 4.78 is 0. The first-order chi connectivity index (χ1) is 3.77. The molecule has 2 nitrogen and oxygen atoms in total. The molecule has 1 rings (SSSR count). The lowest BCUT2D eigenvalue weighted by Gasteiger charge is -2.36. The van der Waals surface area contributed by atoms with E-state index in [1.54, 1.807) is 0 Å². The van der Waals surface area contributed by atoms with Crippen LogP contribution in [-0.4, -0.2) is 23.5 Å². The second-order valence-corrected chi connectivity index (χ2v) is 3.30. The van der Waals surface area contributed by atoms with Crippen LogP contribution < -0.4 is 5.32 Å². The van der Waals surface area contributed by atoms with E-state index in [2.05, 4.69) is 12.2 Å². The van der Waals surface area contributed by atoms with Crippen LogP contribution in [0.4, 0.5) is 0 Å². The summed E-state index contributed by atoms with van der Waals surface area (Å²) in [6, 6.07) is 0. The third-order valence-electron chi connectivity index (χ3n) is 1.25. The van der Waals surface area contributed by atoms with Gasteiger partial charge >= 0.3 is 0 Å². The van der Waals surface area contributed by atoms with Crippen LogP contribution in [0.3, 0.4) is 0 Å². The summed E-state index contributed by atoms with van der Waals surface area (Å²) in [4.78, 5) is 9.89. The number of hydrogen-bond donors (Lipinski definition) is 1. The van der Waals surface area contributed by atoms with Crippen molar-refractivity contribution in [3.8, 4) is 0 Å². The molecule has 0 aliphatic carbocycles. The maximum Gasteiger partial charge on any atom is 0.207 e. The van der Waals surface area contributed by atoms with Crippen molar-refractivity contribution in [1.29, 1.82) is 0 Å². The maximum atomic E-state index is 9.89. The van der Waals surface area contributed by atoms with Crippen LogP contribution in [0.1, 0.15) is 6.92 Å². The first kappa shape index (κ1) is 5.95. The lowest BCUT2D eigenvalue weighted by atomic mass is 10.1. The van der Waals surface area contributed by atoms with Crippen LogP contribution in [0.2, 0.25) is 0 Å². The Morgan fingerprint density at radius 3 is 2.50 bits per heavy atom. The molecule has 0 spiro atoms. The fraction of sp³-hybridized carbons (Fsp3) is 0.800. The van der Waals surface area contributed by atoms with E-state index >= 15 is 0 Å². The van der Waals surface area contributed by atoms with E-state index in [0.717, 1.165) is 17.9 Å². The maximum absolute atomic E-state index is 9.89. The molecule has 0 radical (unpaired) electrons. The fourth-order valence-electron chi connectivity index (χ4n) is 0.634. The minimum Gasteiger partial charge on any atom is -0.352 e. The van der Waals surface area contributed by atoms with Gasteiger partial charge in [-0.15, -0.1) is 0 Å². The Bertz CT molecular complexity index is 101. The molecule has 0 bridgehead atoms. The van der Waals surface area contributed by atoms with Gasteiger partial charge < -0.3 is 5.32 Å². The number of hydrogen-bond acceptors (Lipinski definition) is 2. The molecular formula is C5H9NOS. The molecule has 1 aliphatic rings. The Morgan fingerprint density at radius 1 is 1.75 bits per heavy atom. The molecule has 0 aromatic heterocycles. The third-order valence-corrected chi connectivity index (χ3v) is 2.93. The Morgan fingerprint density at radius 2 is 2.38 bits per heavy atom. The quantitative estimate of drug-likeness (QED) is 0.544. The van der Waals surface area contributed by atoms with Crippen LogP contribution in [-0.2, 0) is 4.79 Å². The lowest BCUT2D eigenvalue weighted by molar-refractivity contribution is -0.110. The number of carbonyl (C=O) groups is 1. The molecule has 3 heteroatoms. The van der Waals surface area contributed by atoms with Gasteiger partial charge in [0.15, 0.2) is 0 Å². The Labute approximate surface area is 53.0 Å². The number of thioether (sulfide) groups is 1. The van der Waals surface area contributed by atoms with Crippen LogP contribution >= 0.6 is 11.8 Å². The van der Waals surface area contributed by atoms with Crippen molar-refractivity contribution >= 4 is 18.2 Å². The van der Waals surface area contributed by atoms with Gasteiger partial charge in [-0.3, -0.25) is 4.79 Å². The molecule has 0 unspecified atom stereocenters. The molecule has 0 saturated carbocycles. The first-order valence-electron chi connectivity index (χ1n) is 2.56. The summed E-state index contributed by atoms with van der Waals surface area (Å²) in [6.07, 6.45) is 0.777. The predicted molar refractivity (Wildman–Crippen MR) is 34.9 cm³/mol. The van der Waals surface area contributed by atoms with Gasteiger partial charge in [-0.25, -0.2) is 0 Å². The van der Waals surface area contributed by atoms with Gasteiger partial charge in [0.2, 0.25) is 6.41 Å². The van der Waals surface area contributed by atoms with Crippen molar-refractivity contribution in [2.45, 2.75) is 12.5 Å². The summed E-state index contributed by atoms with van der Waals surface area (Å²) in [5.41, 5.74) is 0.117. The average molecular weight is 131 g/mol. The number of amides is 1. The first-order valence-corrected chi connectivity index (χ1v) is 3.71. The summed E-state index contributed by atoms with van der Waals surface area (Å²) in [5, 5.41) is 2.76. The highest BCUT2D eigenvalue weighted by Crippen LogP contribution is 2.27. The van der Waals surface area contributed by atoms with Crippen molar-refractivity contribution in [3.63, 3.8) is 0 Å². The Balaban J connectivity index is 2.29. The highest BCUT2D eigenvalue weighted by Gasteiger charge is 2.31. The van der Waals surface area contributed by atoms with Gasteiger partial charge in [-0.05, 0) is 6.92 Å². The third kappa shape index (κ3) is 0.968. The summed E-state index contributed by atoms with van der Waals surface area (Å²) in [5.74, 6) is 2.12. The van der Waals surface area contributed by atoms with Crippen LogP contribution in [0.5, 0.6) is 0 Å². The van der Waals surface area contributed by atoms with Crippen molar-refractivity contribution in [1.82, 2.24) is 5.32 Å². The van der Waals surface area contributed by atoms with Gasteiger partial charge in [-0.1, -0.05) is 0 Å². The smallest absolute Gasteiger partial charge is 0.207 e. The molecule has 1 aliphatic heterocycles. The Hall–Kier alpha value is -0.180. The standard InChI is InChI=1S/C5H9NOS/c1-5(6-4-7)2-8-3-5/h4H,2-3H2,1H3,(H,6,7). The summed E-state index contributed by atoms with van der Waals surface area (Å²) >= 11 is 1.86. The highest BCUT2D eigenvalue weighted by molar-refractivity contribution is 8.00. The van der Waals surface area contributed by atoms with Gasteiger partial charge in [0.05, 0.1) is 5.54 Å². The molecule has 0 aromatic carbocycles. The lowest BCUT2D eigenvalue weighted by Crippen LogP contribution is -2.52. The second-order valence-electron chi connectivity index (χ2n) is 2.32. The van der Waals surface area contributed by atoms with Gasteiger partial charge in [0.25, 0.3) is 0 Å². The molecule has 8 heavy (non-hydrogen) atoms. The van der Waals surface area contributed by atoms with E-state index in [9.17, 15) is 4.79 Å². The predicted octanol–water partition coefficient (Wildman–Crippen LogP) is 0.238. The normalized spacial score (nSPS) is 23.6. The van der Waals surface area contributed by atoms with Gasteiger partial charge in [0.1, 0.15) is 0 Å². The molecule has 1 heterocycles. The minimum absolute atomic E-state index is 0.117. The molecule has 0 atom stereocenters. The summed E-state index contributed by atoms with van der Waals surface area (Å²) in [6.45, 7) is 2.05. The molecule has 1 N–H and O–H groups in total.